The molecule has 3 aromatic carbocycles. The van der Waals surface area contributed by atoms with Crippen LogP contribution in [0.5, 0.6) is 6.01 Å². The Morgan fingerprint density at radius 2 is 1.80 bits per heavy atom. The molecule has 5 aliphatic heterocycles. The van der Waals surface area contributed by atoms with Crippen LogP contribution in [0.25, 0.3) is 10.8 Å². The molecular formula is C49H56N10O7. The quantitative estimate of drug-likeness (QED) is 0.0943. The maximum Gasteiger partial charge on any atom is 0.318 e. The molecule has 3 fully saturated rings. The molecule has 4 aromatic rings. The number of ether oxygens (including phenoxy) is 3. The minimum Gasteiger partial charge on any atom is -0.462 e. The van der Waals surface area contributed by atoms with E-state index in [9.17, 15) is 24.4 Å². The second-order valence-corrected chi connectivity index (χ2v) is 17.5. The number of benzene rings is 3. The first-order valence-electron chi connectivity index (χ1n) is 22.9. The van der Waals surface area contributed by atoms with Gasteiger partial charge >= 0.3 is 6.01 Å². The third-order valence-electron chi connectivity index (χ3n) is 13.4. The smallest absolute Gasteiger partial charge is 0.318 e. The van der Waals surface area contributed by atoms with E-state index in [2.05, 4.69) is 87.5 Å². The highest BCUT2D eigenvalue weighted by molar-refractivity contribution is 6.08. The molecule has 0 bridgehead atoms. The average Bonchev–Trinajstić information content (AvgIpc) is 3.87. The van der Waals surface area contributed by atoms with Crippen LogP contribution in [-0.2, 0) is 43.4 Å². The summed E-state index contributed by atoms with van der Waals surface area (Å²) >= 11 is 0. The molecule has 0 saturated carbocycles. The van der Waals surface area contributed by atoms with Gasteiger partial charge in [0.2, 0.25) is 17.7 Å². The zero-order valence-electron chi connectivity index (χ0n) is 37.3. The lowest BCUT2D eigenvalue weighted by Crippen LogP contribution is -2.55. The number of anilines is 3. The molecule has 2 N–H and O–H groups in total. The number of nitrogens with zero attached hydrogens (tertiary/aromatic N) is 8. The summed E-state index contributed by atoms with van der Waals surface area (Å²) in [5.41, 5.74) is 5.22. The Balaban J connectivity index is 0.788. The molecule has 17 heteroatoms. The fraction of sp³-hybridized carbons (Fsp3) is 0.449. The van der Waals surface area contributed by atoms with Gasteiger partial charge in [0, 0.05) is 80.6 Å². The number of nitrogens with one attached hydrogen (secondary N) is 2. The van der Waals surface area contributed by atoms with Crippen molar-refractivity contribution in [3.8, 4) is 12.1 Å². The van der Waals surface area contributed by atoms with Crippen LogP contribution in [0, 0.1) is 11.3 Å². The van der Waals surface area contributed by atoms with Crippen molar-refractivity contribution < 1.29 is 33.4 Å². The molecule has 0 radical (unpaired) electrons. The zero-order valence-corrected chi connectivity index (χ0v) is 37.3. The Morgan fingerprint density at radius 1 is 0.955 bits per heavy atom. The van der Waals surface area contributed by atoms with Gasteiger partial charge in [0.05, 0.1) is 62.3 Å². The van der Waals surface area contributed by atoms with Crippen LogP contribution in [0.3, 0.4) is 0 Å². The number of rotatable bonds is 16. The number of piperidine rings is 1. The molecule has 9 rings (SSSR count). The Labute approximate surface area is 384 Å². The highest BCUT2D eigenvalue weighted by Crippen LogP contribution is 2.36. The number of piperazine rings is 1. The molecule has 4 amide bonds. The first-order chi connectivity index (χ1) is 32.2. The number of imide groups is 1. The molecule has 6 heterocycles. The van der Waals surface area contributed by atoms with E-state index in [0.717, 1.165) is 54.3 Å². The molecule has 0 aliphatic carbocycles. The van der Waals surface area contributed by atoms with Crippen LogP contribution < -0.4 is 25.2 Å². The molecule has 3 saturated heterocycles. The maximum absolute atomic E-state index is 13.4. The number of carbonyl (C=O) groups excluding carboxylic acids is 4. The number of likely N-dealkylation sites (tertiary alicyclic amines) is 1. The predicted octanol–water partition coefficient (Wildman–Crippen LogP) is 3.67. The maximum atomic E-state index is 13.4. The summed E-state index contributed by atoms with van der Waals surface area (Å²) in [7, 11) is 2.06. The van der Waals surface area contributed by atoms with E-state index in [1.54, 1.807) is 9.80 Å². The van der Waals surface area contributed by atoms with E-state index in [-0.39, 0.29) is 48.8 Å². The number of nitriles is 1. The summed E-state index contributed by atoms with van der Waals surface area (Å²) in [4.78, 5) is 70.5. The number of fused-ring (bicyclic) bond motifs is 3. The number of carbonyl (C=O) groups is 4. The molecule has 0 spiro atoms. The highest BCUT2D eigenvalue weighted by atomic mass is 16.5. The van der Waals surface area contributed by atoms with Gasteiger partial charge < -0.3 is 39.1 Å². The van der Waals surface area contributed by atoms with Gasteiger partial charge in [-0.25, -0.2) is 0 Å². The van der Waals surface area contributed by atoms with Crippen molar-refractivity contribution in [2.75, 3.05) is 87.9 Å². The lowest BCUT2D eigenvalue weighted by molar-refractivity contribution is -0.137. The molecule has 344 valence electrons. The Hall–Kier alpha value is -6.61. The fourth-order valence-electron chi connectivity index (χ4n) is 10.1. The first kappa shape index (κ1) is 44.6. The topological polar surface area (TPSA) is 186 Å². The highest BCUT2D eigenvalue weighted by Gasteiger charge is 2.40. The number of hydrogen-bond acceptors (Lipinski definition) is 14. The molecule has 66 heavy (non-hydrogen) atoms. The van der Waals surface area contributed by atoms with Crippen LogP contribution in [-0.4, -0.2) is 145 Å². The molecule has 1 aromatic heterocycles. The Kier molecular flexibility index (Phi) is 13.4. The molecular weight excluding hydrogens is 841 g/mol. The summed E-state index contributed by atoms with van der Waals surface area (Å²) in [6.07, 6.45) is 3.55. The van der Waals surface area contributed by atoms with Crippen LogP contribution in [0.2, 0.25) is 0 Å². The van der Waals surface area contributed by atoms with E-state index in [1.807, 2.05) is 18.2 Å². The Morgan fingerprint density at radius 3 is 2.65 bits per heavy atom. The predicted molar refractivity (Wildman–Crippen MR) is 247 cm³/mol. The van der Waals surface area contributed by atoms with E-state index >= 15 is 0 Å². The van der Waals surface area contributed by atoms with E-state index < -0.39 is 11.9 Å². The van der Waals surface area contributed by atoms with Gasteiger partial charge in [0.15, 0.2) is 0 Å². The standard InChI is InChI=1S/C49H56N10O7/c1-3-44(61)58-22-21-57(28-34(58)16-18-50)46-38-17-20-56(41-13-7-9-32-8-4-5-11-37(32)41)30-40(38)52-49(54-46)66-31-35-26-36(29-55(35)2)65-25-24-64-23-19-51-39-12-6-10-33-27-59(48(63)45(33)39)42-14-15-43(60)53-47(42)62/h3-13,34-36,42,51H,1,14-17,19-31H2,2H3,(H,53,60,62)/t34-,35-,36+,42?/m0/s1. The number of aromatic nitrogens is 2. The van der Waals surface area contributed by atoms with Crippen molar-refractivity contribution in [1.29, 1.82) is 5.26 Å². The minimum absolute atomic E-state index is 0.00328. The fourth-order valence-corrected chi connectivity index (χ4v) is 10.1. The van der Waals surface area contributed by atoms with Crippen molar-refractivity contribution in [2.24, 2.45) is 0 Å². The second kappa shape index (κ2) is 19.9. The number of amides is 4. The summed E-state index contributed by atoms with van der Waals surface area (Å²) in [6.45, 7) is 9.70. The van der Waals surface area contributed by atoms with Crippen molar-refractivity contribution in [3.63, 3.8) is 0 Å². The van der Waals surface area contributed by atoms with Crippen LogP contribution in [0.1, 0.15) is 52.9 Å². The zero-order chi connectivity index (χ0) is 45.7. The summed E-state index contributed by atoms with van der Waals surface area (Å²) < 4.78 is 18.6. The summed E-state index contributed by atoms with van der Waals surface area (Å²) in [6, 6.07) is 22.1. The molecule has 17 nitrogen and oxygen atoms in total. The van der Waals surface area contributed by atoms with Crippen LogP contribution in [0.4, 0.5) is 17.2 Å². The van der Waals surface area contributed by atoms with Gasteiger partial charge in [-0.1, -0.05) is 55.1 Å². The molecule has 1 unspecified atom stereocenters. The Bertz CT molecular complexity index is 2540. The van der Waals surface area contributed by atoms with Gasteiger partial charge in [0.25, 0.3) is 5.91 Å². The molecule has 5 aliphatic rings. The van der Waals surface area contributed by atoms with Crippen molar-refractivity contribution in [3.05, 3.63) is 95.7 Å². The second-order valence-electron chi connectivity index (χ2n) is 17.5. The molecule has 4 atom stereocenters. The van der Waals surface area contributed by atoms with E-state index in [4.69, 9.17) is 24.2 Å². The lowest BCUT2D eigenvalue weighted by Gasteiger charge is -2.42. The summed E-state index contributed by atoms with van der Waals surface area (Å²) in [5, 5.41) is 17.7. The lowest BCUT2D eigenvalue weighted by atomic mass is 10.0. The van der Waals surface area contributed by atoms with E-state index in [1.165, 1.54) is 16.8 Å². The van der Waals surface area contributed by atoms with E-state index in [0.29, 0.717) is 89.4 Å². The van der Waals surface area contributed by atoms with Gasteiger partial charge in [-0.15, -0.1) is 0 Å². The SMILES string of the molecule is C=CC(=O)N1CCN(c2nc(OC[C@@H]3C[C@@H](OCCOCCNc4cccc5c4C(=O)N(C4CCC(=O)NC4=O)C5)CN3C)nc3c2CCN(c2cccc4ccccc24)C3)C[C@@H]1CC#N. The summed E-state index contributed by atoms with van der Waals surface area (Å²) in [5.74, 6) is -0.326. The van der Waals surface area contributed by atoms with Gasteiger partial charge in [-0.3, -0.25) is 29.4 Å². The largest absolute Gasteiger partial charge is 0.462 e. The first-order valence-corrected chi connectivity index (χ1v) is 22.9. The van der Waals surface area contributed by atoms with Gasteiger partial charge in [-0.05, 0) is 55.5 Å². The van der Waals surface area contributed by atoms with Crippen molar-refractivity contribution >= 4 is 51.6 Å². The monoisotopic (exact) mass is 896 g/mol. The van der Waals surface area contributed by atoms with Crippen LogP contribution >= 0.6 is 0 Å². The van der Waals surface area contributed by atoms with Crippen LogP contribution in [0.15, 0.2) is 73.3 Å². The van der Waals surface area contributed by atoms with Gasteiger partial charge in [0.1, 0.15) is 18.5 Å². The number of hydrogen-bond donors (Lipinski definition) is 2. The minimum atomic E-state index is -0.660. The van der Waals surface area contributed by atoms with Crippen molar-refractivity contribution in [1.82, 2.24) is 30.0 Å². The van der Waals surface area contributed by atoms with Gasteiger partial charge in [-0.2, -0.15) is 15.2 Å². The normalized spacial score (nSPS) is 22.0. The third kappa shape index (κ3) is 9.39. The number of likely N-dealkylation sites (N-methyl/N-ethyl adjacent to an activating group) is 1. The average molecular weight is 897 g/mol. The third-order valence-corrected chi connectivity index (χ3v) is 13.4. The van der Waals surface area contributed by atoms with Crippen molar-refractivity contribution in [2.45, 2.75) is 69.4 Å².